The van der Waals surface area contributed by atoms with Crippen molar-refractivity contribution < 1.29 is 9.72 Å². The number of amidine groups is 1. The van der Waals surface area contributed by atoms with E-state index in [-0.39, 0.29) is 11.6 Å². The quantitative estimate of drug-likeness (QED) is 0.337. The third kappa shape index (κ3) is 4.29. The van der Waals surface area contributed by atoms with Gasteiger partial charge in [-0.2, -0.15) is 0 Å². The van der Waals surface area contributed by atoms with Gasteiger partial charge >= 0.3 is 0 Å². The van der Waals surface area contributed by atoms with Crippen LogP contribution in [-0.2, 0) is 4.79 Å². The number of rotatable bonds is 5. The Kier molecular flexibility index (Phi) is 5.46. The van der Waals surface area contributed by atoms with E-state index in [0.29, 0.717) is 28.0 Å². The maximum atomic E-state index is 12.7. The highest BCUT2D eigenvalue weighted by molar-refractivity contribution is 8.18. The Bertz CT molecular complexity index is 984. The second kappa shape index (κ2) is 7.96. The van der Waals surface area contributed by atoms with Gasteiger partial charge in [-0.25, -0.2) is 9.98 Å². The van der Waals surface area contributed by atoms with E-state index in [1.165, 1.54) is 28.8 Å². The number of nitrogens with zero attached hydrogens (tertiary/aromatic N) is 4. The lowest BCUT2D eigenvalue weighted by atomic mass is 10.2. The van der Waals surface area contributed by atoms with Crippen molar-refractivity contribution in [3.05, 3.63) is 81.4 Å². The number of aromatic nitrogens is 1. The zero-order valence-corrected chi connectivity index (χ0v) is 15.3. The maximum absolute atomic E-state index is 12.7. The van der Waals surface area contributed by atoms with E-state index in [4.69, 9.17) is 0 Å². The zero-order chi connectivity index (χ0) is 19.4. The molecule has 0 saturated carbocycles. The smallest absolute Gasteiger partial charge is 0.270 e. The van der Waals surface area contributed by atoms with Crippen molar-refractivity contribution in [2.75, 3.05) is 6.54 Å². The van der Waals surface area contributed by atoms with E-state index in [0.717, 1.165) is 5.69 Å². The van der Waals surface area contributed by atoms with Crippen LogP contribution in [0, 0.1) is 17.0 Å². The molecule has 1 aromatic heterocycles. The van der Waals surface area contributed by atoms with Crippen molar-refractivity contribution in [3.63, 3.8) is 0 Å². The summed E-state index contributed by atoms with van der Waals surface area (Å²) in [6, 6.07) is 11.6. The van der Waals surface area contributed by atoms with Crippen LogP contribution in [-0.4, -0.2) is 32.4 Å². The summed E-state index contributed by atoms with van der Waals surface area (Å²) in [5.41, 5.74) is 1.38. The number of pyridine rings is 1. The van der Waals surface area contributed by atoms with Gasteiger partial charge in [0.2, 0.25) is 0 Å². The number of hydrogen-bond acceptors (Lipinski definition) is 6. The van der Waals surface area contributed by atoms with E-state index in [9.17, 15) is 14.9 Å². The molecule has 1 saturated heterocycles. The topological polar surface area (TPSA) is 88.7 Å². The Morgan fingerprint density at radius 3 is 2.81 bits per heavy atom. The van der Waals surface area contributed by atoms with Crippen molar-refractivity contribution in [1.82, 2.24) is 9.88 Å². The van der Waals surface area contributed by atoms with Gasteiger partial charge in [0.1, 0.15) is 0 Å². The van der Waals surface area contributed by atoms with E-state index in [1.54, 1.807) is 30.4 Å². The highest BCUT2D eigenvalue weighted by atomic mass is 32.2. The largest absolute Gasteiger partial charge is 0.282 e. The lowest BCUT2D eigenvalue weighted by molar-refractivity contribution is -0.384. The first-order valence-electron chi connectivity index (χ1n) is 8.07. The third-order valence-electron chi connectivity index (χ3n) is 3.66. The number of nitro groups is 1. The lowest BCUT2D eigenvalue weighted by Gasteiger charge is -2.12. The highest BCUT2D eigenvalue weighted by Gasteiger charge is 2.32. The molecule has 0 aliphatic carbocycles. The van der Waals surface area contributed by atoms with E-state index < -0.39 is 4.92 Å². The minimum absolute atomic E-state index is 0.0272. The Morgan fingerprint density at radius 1 is 1.33 bits per heavy atom. The molecular weight excluding hydrogens is 364 g/mol. The van der Waals surface area contributed by atoms with Crippen molar-refractivity contribution in [2.45, 2.75) is 6.92 Å². The third-order valence-corrected chi connectivity index (χ3v) is 4.67. The minimum atomic E-state index is -0.466. The van der Waals surface area contributed by atoms with Gasteiger partial charge in [0, 0.05) is 24.4 Å². The van der Waals surface area contributed by atoms with Gasteiger partial charge in [-0.05, 0) is 42.5 Å². The molecular formula is C19H16N4O3S. The molecule has 2 heterocycles. The summed E-state index contributed by atoms with van der Waals surface area (Å²) in [5.74, 6) is 0.286. The van der Waals surface area contributed by atoms with Crippen LogP contribution in [0.5, 0.6) is 0 Å². The molecule has 1 amide bonds. The van der Waals surface area contributed by atoms with Gasteiger partial charge in [0.05, 0.1) is 9.83 Å². The van der Waals surface area contributed by atoms with Crippen LogP contribution in [0.25, 0.3) is 6.08 Å². The Morgan fingerprint density at radius 2 is 2.11 bits per heavy atom. The minimum Gasteiger partial charge on any atom is -0.282 e. The van der Waals surface area contributed by atoms with Gasteiger partial charge in [-0.1, -0.05) is 24.3 Å². The number of carbonyl (C=O) groups excluding carboxylic acids is 1. The molecule has 0 unspecified atom stereocenters. The van der Waals surface area contributed by atoms with Crippen molar-refractivity contribution in [3.8, 4) is 0 Å². The number of non-ortho nitro benzene ring substituents is 1. The molecule has 3 rings (SSSR count). The molecule has 8 heteroatoms. The fourth-order valence-corrected chi connectivity index (χ4v) is 3.45. The molecule has 1 aromatic carbocycles. The van der Waals surface area contributed by atoms with Crippen LogP contribution < -0.4 is 0 Å². The van der Waals surface area contributed by atoms with Gasteiger partial charge in [0.25, 0.3) is 11.6 Å². The first-order valence-corrected chi connectivity index (χ1v) is 8.88. The molecule has 0 bridgehead atoms. The standard InChI is InChI=1S/C19H16N4O3S/c1-3-10-22-18(24)16(12-14-7-5-8-15(11-14)23(25)26)27-19(22)21-17-9-4-6-13(2)20-17/h3-9,11-12H,1,10H2,2H3/b16-12-,21-19+. The molecule has 1 aliphatic heterocycles. The summed E-state index contributed by atoms with van der Waals surface area (Å²) in [6.07, 6.45) is 3.25. The monoisotopic (exact) mass is 380 g/mol. The number of carbonyl (C=O) groups is 1. The number of amides is 1. The van der Waals surface area contributed by atoms with Gasteiger partial charge in [0.15, 0.2) is 11.0 Å². The van der Waals surface area contributed by atoms with Crippen LogP contribution >= 0.6 is 11.8 Å². The second-order valence-corrected chi connectivity index (χ2v) is 6.71. The fraction of sp³-hybridized carbons (Fsp3) is 0.105. The molecule has 1 aliphatic rings. The van der Waals surface area contributed by atoms with Crippen LogP contribution in [0.2, 0.25) is 0 Å². The maximum Gasteiger partial charge on any atom is 0.270 e. The molecule has 27 heavy (non-hydrogen) atoms. The highest BCUT2D eigenvalue weighted by Crippen LogP contribution is 2.34. The van der Waals surface area contributed by atoms with Gasteiger partial charge in [-0.3, -0.25) is 19.8 Å². The number of aliphatic imine (C=N–C) groups is 1. The van der Waals surface area contributed by atoms with Gasteiger partial charge < -0.3 is 0 Å². The summed E-state index contributed by atoms with van der Waals surface area (Å²) >= 11 is 1.21. The van der Waals surface area contributed by atoms with Crippen LogP contribution in [0.3, 0.4) is 0 Å². The van der Waals surface area contributed by atoms with E-state index in [1.807, 2.05) is 19.1 Å². The molecule has 0 spiro atoms. The molecule has 0 radical (unpaired) electrons. The first kappa shape index (κ1) is 18.5. The molecule has 2 aromatic rings. The summed E-state index contributed by atoms with van der Waals surface area (Å²) in [6.45, 7) is 5.86. The second-order valence-electron chi connectivity index (χ2n) is 5.70. The average Bonchev–Trinajstić information content (AvgIpc) is 2.91. The average molecular weight is 380 g/mol. The SMILES string of the molecule is C=CCN1C(=O)/C(=C/c2cccc([N+](=O)[O-])c2)S/C1=N/c1cccc(C)n1. The van der Waals surface area contributed by atoms with Crippen LogP contribution in [0.15, 0.2) is 65.0 Å². The normalized spacial score (nSPS) is 16.9. The Labute approximate surface area is 160 Å². The molecule has 1 fully saturated rings. The summed E-state index contributed by atoms with van der Waals surface area (Å²) in [5, 5.41) is 11.4. The van der Waals surface area contributed by atoms with Crippen LogP contribution in [0.4, 0.5) is 11.5 Å². The number of hydrogen-bond donors (Lipinski definition) is 0. The van der Waals surface area contributed by atoms with Crippen molar-refractivity contribution >= 4 is 40.4 Å². The Hall–Kier alpha value is -3.26. The number of nitro benzene ring substituents is 1. The number of thioether (sulfide) groups is 1. The van der Waals surface area contributed by atoms with Crippen molar-refractivity contribution in [1.29, 1.82) is 0 Å². The molecule has 0 atom stereocenters. The summed E-state index contributed by atoms with van der Waals surface area (Å²) in [7, 11) is 0. The predicted octanol–water partition coefficient (Wildman–Crippen LogP) is 4.09. The molecule has 7 nitrogen and oxygen atoms in total. The van der Waals surface area contributed by atoms with Crippen LogP contribution in [0.1, 0.15) is 11.3 Å². The first-order chi connectivity index (χ1) is 13.0. The number of aryl methyl sites for hydroxylation is 1. The van der Waals surface area contributed by atoms with Crippen molar-refractivity contribution in [2.24, 2.45) is 4.99 Å². The number of benzene rings is 1. The summed E-state index contributed by atoms with van der Waals surface area (Å²) < 4.78 is 0. The molecule has 136 valence electrons. The fourth-order valence-electron chi connectivity index (χ4n) is 2.45. The van der Waals surface area contributed by atoms with E-state index in [2.05, 4.69) is 16.6 Å². The molecule has 0 N–H and O–H groups in total. The summed E-state index contributed by atoms with van der Waals surface area (Å²) in [4.78, 5) is 34.0. The zero-order valence-electron chi connectivity index (χ0n) is 14.5. The predicted molar refractivity (Wildman–Crippen MR) is 107 cm³/mol. The Balaban J connectivity index is 1.96. The van der Waals surface area contributed by atoms with E-state index >= 15 is 0 Å². The lowest BCUT2D eigenvalue weighted by Crippen LogP contribution is -2.29. The van der Waals surface area contributed by atoms with Gasteiger partial charge in [-0.15, -0.1) is 6.58 Å².